The summed E-state index contributed by atoms with van der Waals surface area (Å²) < 4.78 is 12.3. The van der Waals surface area contributed by atoms with Crippen molar-refractivity contribution in [3.05, 3.63) is 169 Å². The van der Waals surface area contributed by atoms with Crippen LogP contribution in [-0.4, -0.2) is 12.7 Å². The summed E-state index contributed by atoms with van der Waals surface area (Å²) in [6.45, 7) is 4.44. The molecule has 6 aromatic rings. The van der Waals surface area contributed by atoms with Crippen molar-refractivity contribution in [2.75, 3.05) is 10.6 Å². The molecule has 0 aliphatic heterocycles. The SMILES string of the molecule is CC(C)(c1ccc(Oc2cccc(NC=Nc3ccccc3)c2)cc1)c1ccc(Oc2cccc(NC=Nc3ccccc3)c2)cc1. The van der Waals surface area contributed by atoms with Gasteiger partial charge in [0.15, 0.2) is 0 Å². The zero-order valence-electron chi connectivity index (χ0n) is 26.4. The molecule has 0 amide bonds. The van der Waals surface area contributed by atoms with Crippen molar-refractivity contribution >= 4 is 35.4 Å². The van der Waals surface area contributed by atoms with Crippen LogP contribution in [0.1, 0.15) is 25.0 Å². The van der Waals surface area contributed by atoms with Crippen molar-refractivity contribution in [3.8, 4) is 23.0 Å². The third-order valence-electron chi connectivity index (χ3n) is 7.69. The average Bonchev–Trinajstić information content (AvgIpc) is 3.10. The second kappa shape index (κ2) is 14.8. The molecule has 0 bridgehead atoms. The first kappa shape index (κ1) is 30.9. The Bertz CT molecular complexity index is 1790. The molecule has 0 unspecified atom stereocenters. The highest BCUT2D eigenvalue weighted by Crippen LogP contribution is 2.35. The Morgan fingerprint density at radius 3 is 1.26 bits per heavy atom. The zero-order chi connectivity index (χ0) is 32.3. The van der Waals surface area contributed by atoms with Gasteiger partial charge >= 0.3 is 0 Å². The van der Waals surface area contributed by atoms with Crippen LogP contribution in [0.15, 0.2) is 168 Å². The number of hydrogen-bond donors (Lipinski definition) is 2. The molecular weight excluding hydrogens is 580 g/mol. The Morgan fingerprint density at radius 2 is 0.851 bits per heavy atom. The van der Waals surface area contributed by atoms with Gasteiger partial charge in [0.2, 0.25) is 0 Å². The van der Waals surface area contributed by atoms with E-state index in [-0.39, 0.29) is 5.41 Å². The van der Waals surface area contributed by atoms with Gasteiger partial charge in [0, 0.05) is 28.9 Å². The molecule has 0 heterocycles. The lowest BCUT2D eigenvalue weighted by atomic mass is 9.78. The lowest BCUT2D eigenvalue weighted by molar-refractivity contribution is 0.481. The third-order valence-corrected chi connectivity index (χ3v) is 7.69. The summed E-state index contributed by atoms with van der Waals surface area (Å²) in [5.41, 5.74) is 5.71. The molecule has 0 spiro atoms. The van der Waals surface area contributed by atoms with E-state index in [1.165, 1.54) is 11.1 Å². The molecule has 6 aromatic carbocycles. The minimum Gasteiger partial charge on any atom is -0.457 e. The van der Waals surface area contributed by atoms with E-state index in [2.05, 4.69) is 58.7 Å². The molecule has 2 N–H and O–H groups in total. The van der Waals surface area contributed by atoms with Crippen LogP contribution < -0.4 is 20.1 Å². The van der Waals surface area contributed by atoms with Crippen LogP contribution in [0.3, 0.4) is 0 Å². The zero-order valence-corrected chi connectivity index (χ0v) is 26.4. The first-order valence-corrected chi connectivity index (χ1v) is 15.5. The highest BCUT2D eigenvalue weighted by Gasteiger charge is 2.23. The first-order valence-electron chi connectivity index (χ1n) is 15.5. The van der Waals surface area contributed by atoms with Gasteiger partial charge in [-0.05, 0) is 83.9 Å². The second-order valence-corrected chi connectivity index (χ2v) is 11.4. The Morgan fingerprint density at radius 1 is 0.447 bits per heavy atom. The van der Waals surface area contributed by atoms with Gasteiger partial charge in [0.25, 0.3) is 0 Å². The van der Waals surface area contributed by atoms with Crippen molar-refractivity contribution in [1.82, 2.24) is 0 Å². The molecule has 232 valence electrons. The topological polar surface area (TPSA) is 67.2 Å². The van der Waals surface area contributed by atoms with E-state index in [9.17, 15) is 0 Å². The van der Waals surface area contributed by atoms with Crippen molar-refractivity contribution in [1.29, 1.82) is 0 Å². The maximum atomic E-state index is 6.17. The van der Waals surface area contributed by atoms with Gasteiger partial charge in [-0.1, -0.05) is 86.6 Å². The fourth-order valence-electron chi connectivity index (χ4n) is 5.01. The quantitative estimate of drug-likeness (QED) is 0.106. The number of nitrogens with one attached hydrogen (secondary N) is 2. The average molecular weight is 617 g/mol. The first-order chi connectivity index (χ1) is 23.0. The van der Waals surface area contributed by atoms with E-state index >= 15 is 0 Å². The van der Waals surface area contributed by atoms with E-state index < -0.39 is 0 Å². The fraction of sp³-hybridized carbons (Fsp3) is 0.0732. The lowest BCUT2D eigenvalue weighted by Gasteiger charge is -2.26. The minimum atomic E-state index is -0.221. The molecule has 0 saturated heterocycles. The number of nitrogens with zero attached hydrogens (tertiary/aromatic N) is 2. The molecule has 6 nitrogen and oxygen atoms in total. The summed E-state index contributed by atoms with van der Waals surface area (Å²) in [5, 5.41) is 6.42. The third kappa shape index (κ3) is 8.53. The monoisotopic (exact) mass is 616 g/mol. The number of ether oxygens (including phenoxy) is 2. The van der Waals surface area contributed by atoms with E-state index in [0.29, 0.717) is 0 Å². The molecule has 0 aromatic heterocycles. The number of hydrogen-bond acceptors (Lipinski definition) is 4. The van der Waals surface area contributed by atoms with Crippen LogP contribution in [0, 0.1) is 0 Å². The summed E-state index contributed by atoms with van der Waals surface area (Å²) >= 11 is 0. The van der Waals surface area contributed by atoms with E-state index in [1.807, 2.05) is 133 Å². The highest BCUT2D eigenvalue weighted by molar-refractivity contribution is 5.79. The summed E-state index contributed by atoms with van der Waals surface area (Å²) in [6.07, 6.45) is 3.37. The lowest BCUT2D eigenvalue weighted by Crippen LogP contribution is -2.18. The van der Waals surface area contributed by atoms with Crippen LogP contribution in [0.4, 0.5) is 22.7 Å². The standard InChI is InChI=1S/C41H36N4O2/c1-41(2,31-19-23-37(24-20-31)46-39-17-9-15-35(27-39)44-29-42-33-11-5-3-6-12-33)32-21-25-38(26-22-32)47-40-18-10-16-36(28-40)45-30-43-34-13-7-4-8-14-34/h3-30H,1-2H3,(H,42,44)(H,43,45). The maximum absolute atomic E-state index is 6.17. The normalized spacial score (nSPS) is 11.4. The van der Waals surface area contributed by atoms with Crippen molar-refractivity contribution < 1.29 is 9.47 Å². The van der Waals surface area contributed by atoms with E-state index in [1.54, 1.807) is 12.7 Å². The van der Waals surface area contributed by atoms with Crippen LogP contribution in [-0.2, 0) is 5.41 Å². The van der Waals surface area contributed by atoms with Gasteiger partial charge in [-0.25, -0.2) is 9.98 Å². The fourth-order valence-corrected chi connectivity index (χ4v) is 5.01. The molecule has 0 radical (unpaired) electrons. The Hall–Kier alpha value is -6.14. The van der Waals surface area contributed by atoms with Crippen molar-refractivity contribution in [3.63, 3.8) is 0 Å². The maximum Gasteiger partial charge on any atom is 0.129 e. The van der Waals surface area contributed by atoms with Gasteiger partial charge in [-0.3, -0.25) is 0 Å². The number of anilines is 2. The highest BCUT2D eigenvalue weighted by atomic mass is 16.5. The van der Waals surface area contributed by atoms with Gasteiger partial charge in [0.05, 0.1) is 24.1 Å². The minimum absolute atomic E-state index is 0.221. The van der Waals surface area contributed by atoms with Crippen LogP contribution >= 0.6 is 0 Å². The van der Waals surface area contributed by atoms with Crippen LogP contribution in [0.5, 0.6) is 23.0 Å². The van der Waals surface area contributed by atoms with Gasteiger partial charge in [-0.2, -0.15) is 0 Å². The molecule has 6 rings (SSSR count). The summed E-state index contributed by atoms with van der Waals surface area (Å²) in [6, 6.07) is 51.8. The largest absolute Gasteiger partial charge is 0.457 e. The van der Waals surface area contributed by atoms with Crippen molar-refractivity contribution in [2.24, 2.45) is 9.98 Å². The summed E-state index contributed by atoms with van der Waals surface area (Å²) in [5.74, 6) is 3.03. The second-order valence-electron chi connectivity index (χ2n) is 11.4. The van der Waals surface area contributed by atoms with Gasteiger partial charge < -0.3 is 20.1 Å². The molecule has 0 atom stereocenters. The summed E-state index contributed by atoms with van der Waals surface area (Å²) in [4.78, 5) is 8.85. The molecule has 0 aliphatic carbocycles. The molecule has 0 fully saturated rings. The van der Waals surface area contributed by atoms with E-state index in [4.69, 9.17) is 9.47 Å². The predicted octanol–water partition coefficient (Wildman–Crippen LogP) is 11.1. The number of rotatable bonds is 12. The van der Waals surface area contributed by atoms with E-state index in [0.717, 1.165) is 45.7 Å². The molecule has 0 saturated carbocycles. The molecule has 47 heavy (non-hydrogen) atoms. The van der Waals surface area contributed by atoms with Crippen LogP contribution in [0.2, 0.25) is 0 Å². The Kier molecular flexibility index (Phi) is 9.69. The van der Waals surface area contributed by atoms with Crippen LogP contribution in [0.25, 0.3) is 0 Å². The van der Waals surface area contributed by atoms with Crippen molar-refractivity contribution in [2.45, 2.75) is 19.3 Å². The number of benzene rings is 6. The summed E-state index contributed by atoms with van der Waals surface area (Å²) in [7, 11) is 0. The molecular formula is C41H36N4O2. The molecule has 0 aliphatic rings. The molecule has 6 heteroatoms. The predicted molar refractivity (Wildman–Crippen MR) is 194 cm³/mol. The Balaban J connectivity index is 1.05. The smallest absolute Gasteiger partial charge is 0.129 e. The Labute approximate surface area is 276 Å². The number of aliphatic imine (C=N–C) groups is 2. The number of para-hydroxylation sites is 2. The van der Waals surface area contributed by atoms with Gasteiger partial charge in [-0.15, -0.1) is 0 Å². The van der Waals surface area contributed by atoms with Gasteiger partial charge in [0.1, 0.15) is 23.0 Å².